The van der Waals surface area contributed by atoms with Crippen LogP contribution in [0.2, 0.25) is 0 Å². The Hall–Kier alpha value is -3.59. The summed E-state index contributed by atoms with van der Waals surface area (Å²) < 4.78 is 44.1. The summed E-state index contributed by atoms with van der Waals surface area (Å²) in [4.78, 5) is 23.3. The minimum atomic E-state index is -4.33. The molecule has 1 aliphatic heterocycles. The molecule has 0 saturated carbocycles. The summed E-state index contributed by atoms with van der Waals surface area (Å²) >= 11 is 0. The molecule has 0 bridgehead atoms. The molecule has 1 aliphatic rings. The number of halogens is 3. The molecule has 1 aromatic heterocycles. The van der Waals surface area contributed by atoms with Gasteiger partial charge >= 0.3 is 6.18 Å². The van der Waals surface area contributed by atoms with Crippen molar-refractivity contribution in [1.82, 2.24) is 14.8 Å². The molecule has 6 nitrogen and oxygen atoms in total. The maximum Gasteiger partial charge on any atom is 0.416 e. The van der Waals surface area contributed by atoms with E-state index in [1.807, 2.05) is 42.3 Å². The van der Waals surface area contributed by atoms with Crippen LogP contribution in [0, 0.1) is 0 Å². The first kappa shape index (κ1) is 25.5. The van der Waals surface area contributed by atoms with E-state index in [9.17, 15) is 18.0 Å². The fraction of sp³-hybridized carbons (Fsp3) is 0.333. The first-order chi connectivity index (χ1) is 17.3. The molecule has 1 amide bonds. The molecule has 1 saturated heterocycles. The van der Waals surface area contributed by atoms with E-state index in [1.54, 1.807) is 23.2 Å². The summed E-state index contributed by atoms with van der Waals surface area (Å²) in [6.07, 6.45) is -2.58. The van der Waals surface area contributed by atoms with Gasteiger partial charge in [0.2, 0.25) is 0 Å². The third-order valence-electron chi connectivity index (χ3n) is 6.16. The summed E-state index contributed by atoms with van der Waals surface area (Å²) in [6.45, 7) is 4.07. The third kappa shape index (κ3) is 6.75. The van der Waals surface area contributed by atoms with Gasteiger partial charge in [-0.3, -0.25) is 9.69 Å². The van der Waals surface area contributed by atoms with Crippen LogP contribution in [0.1, 0.15) is 21.5 Å². The second-order valence-corrected chi connectivity index (χ2v) is 8.75. The lowest BCUT2D eigenvalue weighted by Gasteiger charge is -2.35. The maximum atomic E-state index is 13.0. The SMILES string of the molecule is CN(CCOc1cccc(C(=O)N2CCN(Cc3ccc(C(F)(F)F)cc3)CC2)c1)c1ccccn1. The maximum absolute atomic E-state index is 13.0. The van der Waals surface area contributed by atoms with E-state index in [-0.39, 0.29) is 5.91 Å². The molecule has 190 valence electrons. The number of rotatable bonds is 8. The molecule has 0 N–H and O–H groups in total. The molecule has 0 unspecified atom stereocenters. The van der Waals surface area contributed by atoms with Gasteiger partial charge in [-0.25, -0.2) is 4.98 Å². The Bertz CT molecular complexity index is 1130. The topological polar surface area (TPSA) is 48.9 Å². The highest BCUT2D eigenvalue weighted by atomic mass is 19.4. The zero-order valence-corrected chi connectivity index (χ0v) is 20.1. The van der Waals surface area contributed by atoms with Gasteiger partial charge in [-0.2, -0.15) is 13.2 Å². The van der Waals surface area contributed by atoms with Crippen LogP contribution < -0.4 is 9.64 Å². The van der Waals surface area contributed by atoms with Gasteiger partial charge in [0, 0.05) is 51.5 Å². The van der Waals surface area contributed by atoms with E-state index in [1.165, 1.54) is 12.1 Å². The van der Waals surface area contributed by atoms with Crippen LogP contribution in [0.15, 0.2) is 72.9 Å². The fourth-order valence-corrected chi connectivity index (χ4v) is 4.06. The summed E-state index contributed by atoms with van der Waals surface area (Å²) in [6, 6.07) is 18.2. The van der Waals surface area contributed by atoms with Crippen molar-refractivity contribution in [1.29, 1.82) is 0 Å². The van der Waals surface area contributed by atoms with Crippen LogP contribution in [0.25, 0.3) is 0 Å². The molecule has 0 atom stereocenters. The Morgan fingerprint density at radius 3 is 2.42 bits per heavy atom. The van der Waals surface area contributed by atoms with Gasteiger partial charge in [-0.05, 0) is 48.0 Å². The van der Waals surface area contributed by atoms with Crippen LogP contribution in [-0.4, -0.2) is 67.1 Å². The van der Waals surface area contributed by atoms with Crippen LogP contribution in [0.5, 0.6) is 5.75 Å². The lowest BCUT2D eigenvalue weighted by Crippen LogP contribution is -2.48. The number of hydrogen-bond donors (Lipinski definition) is 0. The molecule has 9 heteroatoms. The van der Waals surface area contributed by atoms with Crippen molar-refractivity contribution >= 4 is 11.7 Å². The minimum Gasteiger partial charge on any atom is -0.492 e. The number of hydrogen-bond acceptors (Lipinski definition) is 5. The van der Waals surface area contributed by atoms with E-state index < -0.39 is 11.7 Å². The molecule has 36 heavy (non-hydrogen) atoms. The molecular weight excluding hydrogens is 469 g/mol. The zero-order chi connectivity index (χ0) is 25.5. The number of likely N-dealkylation sites (N-methyl/N-ethyl adjacent to an activating group) is 1. The van der Waals surface area contributed by atoms with Gasteiger partial charge < -0.3 is 14.5 Å². The summed E-state index contributed by atoms with van der Waals surface area (Å²) in [5.74, 6) is 1.44. The molecular formula is C27H29F3N4O2. The van der Waals surface area contributed by atoms with Crippen LogP contribution in [0.4, 0.5) is 19.0 Å². The van der Waals surface area contributed by atoms with Gasteiger partial charge in [0.25, 0.3) is 5.91 Å². The minimum absolute atomic E-state index is 0.0553. The average Bonchev–Trinajstić information content (AvgIpc) is 2.89. The first-order valence-corrected chi connectivity index (χ1v) is 11.8. The molecule has 0 radical (unpaired) electrons. The fourth-order valence-electron chi connectivity index (χ4n) is 4.06. The van der Waals surface area contributed by atoms with Crippen LogP contribution in [0.3, 0.4) is 0 Å². The van der Waals surface area contributed by atoms with Crippen molar-refractivity contribution in [3.8, 4) is 5.75 Å². The highest BCUT2D eigenvalue weighted by Crippen LogP contribution is 2.29. The van der Waals surface area contributed by atoms with E-state index in [4.69, 9.17) is 4.74 Å². The Balaban J connectivity index is 1.25. The van der Waals surface area contributed by atoms with Crippen molar-refractivity contribution in [2.75, 3.05) is 51.3 Å². The molecule has 4 rings (SSSR count). The Kier molecular flexibility index (Phi) is 8.10. The number of alkyl halides is 3. The Labute approximate surface area is 208 Å². The van der Waals surface area contributed by atoms with Crippen LogP contribution in [-0.2, 0) is 12.7 Å². The zero-order valence-electron chi connectivity index (χ0n) is 20.1. The molecule has 0 aliphatic carbocycles. The number of benzene rings is 2. The number of aromatic nitrogens is 1. The molecule has 3 aromatic rings. The normalized spacial score (nSPS) is 14.5. The number of nitrogens with zero attached hydrogens (tertiary/aromatic N) is 4. The predicted molar refractivity (Wildman–Crippen MR) is 132 cm³/mol. The number of amides is 1. The van der Waals surface area contributed by atoms with E-state index in [2.05, 4.69) is 9.88 Å². The molecule has 2 aromatic carbocycles. The summed E-state index contributed by atoms with van der Waals surface area (Å²) in [5.41, 5.74) is 0.746. The highest BCUT2D eigenvalue weighted by molar-refractivity contribution is 5.94. The standard InChI is InChI=1S/C27H29F3N4O2/c1-32(25-7-2-3-12-31-25)17-18-36-24-6-4-5-22(19-24)26(35)34-15-13-33(14-16-34)20-21-8-10-23(11-9-21)27(28,29)30/h2-12,19H,13-18,20H2,1H3. The van der Waals surface area contributed by atoms with E-state index in [0.29, 0.717) is 57.2 Å². The highest BCUT2D eigenvalue weighted by Gasteiger charge is 2.30. The smallest absolute Gasteiger partial charge is 0.416 e. The van der Waals surface area contributed by atoms with Gasteiger partial charge in [0.15, 0.2) is 0 Å². The number of piperazine rings is 1. The Morgan fingerprint density at radius 2 is 1.75 bits per heavy atom. The predicted octanol–water partition coefficient (Wildman–Crippen LogP) is 4.57. The monoisotopic (exact) mass is 498 g/mol. The van der Waals surface area contributed by atoms with E-state index in [0.717, 1.165) is 23.5 Å². The number of anilines is 1. The first-order valence-electron chi connectivity index (χ1n) is 11.8. The van der Waals surface area contributed by atoms with Crippen LogP contribution >= 0.6 is 0 Å². The average molecular weight is 499 g/mol. The van der Waals surface area contributed by atoms with Crippen molar-refractivity contribution < 1.29 is 22.7 Å². The van der Waals surface area contributed by atoms with Crippen molar-refractivity contribution in [3.05, 3.63) is 89.6 Å². The van der Waals surface area contributed by atoms with Gasteiger partial charge in [-0.1, -0.05) is 24.3 Å². The quantitative estimate of drug-likeness (QED) is 0.455. The lowest BCUT2D eigenvalue weighted by molar-refractivity contribution is -0.137. The van der Waals surface area contributed by atoms with E-state index >= 15 is 0 Å². The van der Waals surface area contributed by atoms with Crippen molar-refractivity contribution in [2.24, 2.45) is 0 Å². The molecule has 1 fully saturated rings. The second-order valence-electron chi connectivity index (χ2n) is 8.75. The number of ether oxygens (including phenoxy) is 1. The number of pyridine rings is 1. The van der Waals surface area contributed by atoms with Gasteiger partial charge in [0.05, 0.1) is 12.1 Å². The van der Waals surface area contributed by atoms with Gasteiger partial charge in [-0.15, -0.1) is 0 Å². The number of carbonyl (C=O) groups excluding carboxylic acids is 1. The molecule has 2 heterocycles. The van der Waals surface area contributed by atoms with Crippen molar-refractivity contribution in [2.45, 2.75) is 12.7 Å². The largest absolute Gasteiger partial charge is 0.492 e. The summed E-state index contributed by atoms with van der Waals surface area (Å²) in [5, 5.41) is 0. The second kappa shape index (κ2) is 11.4. The van der Waals surface area contributed by atoms with Gasteiger partial charge in [0.1, 0.15) is 18.2 Å². The van der Waals surface area contributed by atoms with Crippen molar-refractivity contribution in [3.63, 3.8) is 0 Å². The summed E-state index contributed by atoms with van der Waals surface area (Å²) in [7, 11) is 1.95. The Morgan fingerprint density at radius 1 is 1.00 bits per heavy atom. The molecule has 0 spiro atoms. The third-order valence-corrected chi connectivity index (χ3v) is 6.16. The lowest BCUT2D eigenvalue weighted by atomic mass is 10.1. The number of carbonyl (C=O) groups is 1.